The zero-order chi connectivity index (χ0) is 15.6. The molecule has 0 saturated heterocycles. The molecule has 1 aliphatic rings. The minimum absolute atomic E-state index is 0.0160. The maximum atomic E-state index is 12.7. The molecule has 21 heavy (non-hydrogen) atoms. The number of benzene rings is 1. The molecule has 1 N–H and O–H groups in total. The highest BCUT2D eigenvalue weighted by atomic mass is 16.4. The van der Waals surface area contributed by atoms with E-state index >= 15 is 0 Å². The van der Waals surface area contributed by atoms with E-state index in [2.05, 4.69) is 20.8 Å². The maximum Gasteiger partial charge on any atom is 0.335 e. The number of rotatable bonds is 6. The average molecular weight is 289 g/mol. The molecule has 2 rings (SSSR count). The van der Waals surface area contributed by atoms with Crippen LogP contribution < -0.4 is 0 Å². The number of amides is 1. The van der Waals surface area contributed by atoms with Crippen molar-refractivity contribution in [1.29, 1.82) is 0 Å². The Bertz CT molecular complexity index is 519. The third-order valence-electron chi connectivity index (χ3n) is 4.46. The lowest BCUT2D eigenvalue weighted by molar-refractivity contribution is 0.0613. The summed E-state index contributed by atoms with van der Waals surface area (Å²) in [5.41, 5.74) is 0.779. The van der Waals surface area contributed by atoms with E-state index in [1.165, 1.54) is 12.1 Å². The average Bonchev–Trinajstić information content (AvgIpc) is 3.31. The molecular weight excluding hydrogens is 266 g/mol. The Morgan fingerprint density at radius 2 is 1.71 bits per heavy atom. The molecule has 1 aromatic carbocycles. The highest BCUT2D eigenvalue weighted by Crippen LogP contribution is 2.32. The third kappa shape index (κ3) is 3.43. The van der Waals surface area contributed by atoms with Crippen molar-refractivity contribution in [3.05, 3.63) is 35.4 Å². The van der Waals surface area contributed by atoms with Crippen molar-refractivity contribution in [2.24, 2.45) is 5.92 Å². The molecular formula is C17H23NO3. The fraction of sp³-hybridized carbons (Fsp3) is 0.529. The van der Waals surface area contributed by atoms with Crippen LogP contribution in [-0.4, -0.2) is 34.0 Å². The minimum atomic E-state index is -0.971. The topological polar surface area (TPSA) is 57.6 Å². The number of carbonyl (C=O) groups is 2. The zero-order valence-corrected chi connectivity index (χ0v) is 12.9. The lowest BCUT2D eigenvalue weighted by Gasteiger charge is -2.33. The van der Waals surface area contributed by atoms with Crippen LogP contribution in [0, 0.1) is 5.92 Å². The lowest BCUT2D eigenvalue weighted by Crippen LogP contribution is -2.43. The Morgan fingerprint density at radius 1 is 1.19 bits per heavy atom. The molecule has 2 unspecified atom stereocenters. The van der Waals surface area contributed by atoms with Gasteiger partial charge in [-0.15, -0.1) is 0 Å². The Hall–Kier alpha value is -1.84. The van der Waals surface area contributed by atoms with E-state index in [0.29, 0.717) is 17.5 Å². The van der Waals surface area contributed by atoms with Gasteiger partial charge in [-0.1, -0.05) is 20.3 Å². The van der Waals surface area contributed by atoms with E-state index < -0.39 is 5.97 Å². The first-order valence-electron chi connectivity index (χ1n) is 7.61. The molecule has 0 aliphatic heterocycles. The molecule has 4 nitrogen and oxygen atoms in total. The van der Waals surface area contributed by atoms with Crippen LogP contribution in [-0.2, 0) is 0 Å². The normalized spacial score (nSPS) is 17.1. The van der Waals surface area contributed by atoms with E-state index in [4.69, 9.17) is 5.11 Å². The van der Waals surface area contributed by atoms with Gasteiger partial charge in [-0.05, 0) is 49.9 Å². The van der Waals surface area contributed by atoms with Crippen molar-refractivity contribution in [1.82, 2.24) is 4.90 Å². The predicted molar refractivity (Wildman–Crippen MR) is 81.5 cm³/mol. The molecule has 1 saturated carbocycles. The highest BCUT2D eigenvalue weighted by molar-refractivity contribution is 5.96. The Kier molecular flexibility index (Phi) is 4.66. The van der Waals surface area contributed by atoms with Crippen LogP contribution in [0.1, 0.15) is 60.7 Å². The van der Waals surface area contributed by atoms with Crippen molar-refractivity contribution < 1.29 is 14.7 Å². The summed E-state index contributed by atoms with van der Waals surface area (Å²) in [6, 6.07) is 6.77. The fourth-order valence-electron chi connectivity index (χ4n) is 2.56. The molecule has 1 aliphatic carbocycles. The second kappa shape index (κ2) is 6.29. The van der Waals surface area contributed by atoms with Gasteiger partial charge in [0.05, 0.1) is 5.56 Å². The Balaban J connectivity index is 2.20. The van der Waals surface area contributed by atoms with Crippen molar-refractivity contribution in [2.45, 2.75) is 52.1 Å². The van der Waals surface area contributed by atoms with Crippen molar-refractivity contribution >= 4 is 11.9 Å². The Labute approximate surface area is 125 Å². The molecule has 1 aromatic rings. The second-order valence-corrected chi connectivity index (χ2v) is 5.95. The first kappa shape index (κ1) is 15.5. The van der Waals surface area contributed by atoms with Crippen molar-refractivity contribution in [3.8, 4) is 0 Å². The largest absolute Gasteiger partial charge is 0.478 e. The minimum Gasteiger partial charge on any atom is -0.478 e. The smallest absolute Gasteiger partial charge is 0.335 e. The summed E-state index contributed by atoms with van der Waals surface area (Å²) < 4.78 is 0. The zero-order valence-electron chi connectivity index (χ0n) is 12.9. The molecule has 0 aromatic heterocycles. The maximum absolute atomic E-state index is 12.7. The summed E-state index contributed by atoms with van der Waals surface area (Å²) >= 11 is 0. The first-order valence-corrected chi connectivity index (χ1v) is 7.61. The van der Waals surface area contributed by atoms with Crippen molar-refractivity contribution in [2.75, 3.05) is 0 Å². The summed E-state index contributed by atoms with van der Waals surface area (Å²) in [5.74, 6) is -0.504. The van der Waals surface area contributed by atoms with Gasteiger partial charge in [0.15, 0.2) is 0 Å². The number of nitrogens with zero attached hydrogens (tertiary/aromatic N) is 1. The molecule has 4 heteroatoms. The van der Waals surface area contributed by atoms with E-state index in [1.54, 1.807) is 12.1 Å². The van der Waals surface area contributed by atoms with Crippen LogP contribution in [0.3, 0.4) is 0 Å². The highest BCUT2D eigenvalue weighted by Gasteiger charge is 2.37. The van der Waals surface area contributed by atoms with Crippen LogP contribution in [0.25, 0.3) is 0 Å². The lowest BCUT2D eigenvalue weighted by atomic mass is 9.98. The molecule has 0 radical (unpaired) electrons. The van der Waals surface area contributed by atoms with E-state index in [0.717, 1.165) is 19.3 Å². The van der Waals surface area contributed by atoms with Gasteiger partial charge < -0.3 is 10.0 Å². The van der Waals surface area contributed by atoms with E-state index in [1.807, 2.05) is 4.90 Å². The number of carbonyl (C=O) groups excluding carboxylic acids is 1. The van der Waals surface area contributed by atoms with Crippen LogP contribution >= 0.6 is 0 Å². The molecule has 0 heterocycles. The molecule has 2 atom stereocenters. The van der Waals surface area contributed by atoms with E-state index in [-0.39, 0.29) is 17.5 Å². The van der Waals surface area contributed by atoms with Gasteiger partial charge in [-0.25, -0.2) is 4.79 Å². The molecule has 0 bridgehead atoms. The number of aromatic carboxylic acids is 1. The van der Waals surface area contributed by atoms with E-state index in [9.17, 15) is 9.59 Å². The third-order valence-corrected chi connectivity index (χ3v) is 4.46. The summed E-state index contributed by atoms with van der Waals surface area (Å²) in [7, 11) is 0. The summed E-state index contributed by atoms with van der Waals surface area (Å²) in [6.45, 7) is 6.41. The number of carboxylic acids is 1. The van der Waals surface area contributed by atoms with Crippen LogP contribution in [0.15, 0.2) is 24.3 Å². The monoisotopic (exact) mass is 289 g/mol. The van der Waals surface area contributed by atoms with Crippen LogP contribution in [0.5, 0.6) is 0 Å². The quantitative estimate of drug-likeness (QED) is 0.873. The second-order valence-electron chi connectivity index (χ2n) is 5.95. The molecule has 114 valence electrons. The standard InChI is InChI=1S/C17H23NO3/c1-4-11(2)12(3)18(15-9-10-15)16(19)13-5-7-14(8-6-13)17(20)21/h5-8,11-12,15H,4,9-10H2,1-3H3,(H,20,21). The van der Waals surface area contributed by atoms with Gasteiger partial charge >= 0.3 is 5.97 Å². The van der Waals surface area contributed by atoms with Gasteiger partial charge in [0.25, 0.3) is 5.91 Å². The van der Waals surface area contributed by atoms with Crippen molar-refractivity contribution in [3.63, 3.8) is 0 Å². The van der Waals surface area contributed by atoms with Gasteiger partial charge in [-0.2, -0.15) is 0 Å². The van der Waals surface area contributed by atoms with Gasteiger partial charge in [0.2, 0.25) is 0 Å². The molecule has 1 fully saturated rings. The van der Waals surface area contributed by atoms with Crippen LogP contribution in [0.2, 0.25) is 0 Å². The number of hydrogen-bond donors (Lipinski definition) is 1. The summed E-state index contributed by atoms with van der Waals surface area (Å²) in [4.78, 5) is 25.6. The number of carboxylic acid groups (broad SMARTS) is 1. The Morgan fingerprint density at radius 3 is 2.14 bits per heavy atom. The van der Waals surface area contributed by atoms with Gasteiger partial charge in [-0.3, -0.25) is 4.79 Å². The first-order chi connectivity index (χ1) is 9.95. The summed E-state index contributed by atoms with van der Waals surface area (Å²) in [6.07, 6.45) is 3.18. The molecule has 1 amide bonds. The fourth-order valence-corrected chi connectivity index (χ4v) is 2.56. The van der Waals surface area contributed by atoms with Crippen LogP contribution in [0.4, 0.5) is 0 Å². The van der Waals surface area contributed by atoms with Gasteiger partial charge in [0.1, 0.15) is 0 Å². The SMILES string of the molecule is CCC(C)C(C)N(C(=O)c1ccc(C(=O)O)cc1)C1CC1. The number of hydrogen-bond acceptors (Lipinski definition) is 2. The predicted octanol–water partition coefficient (Wildman–Crippen LogP) is 3.42. The molecule has 0 spiro atoms. The summed E-state index contributed by atoms with van der Waals surface area (Å²) in [5, 5.41) is 8.92. The van der Waals surface area contributed by atoms with Gasteiger partial charge in [0, 0.05) is 17.6 Å².